The van der Waals surface area contributed by atoms with Gasteiger partial charge in [0.05, 0.1) is 6.61 Å². The minimum Gasteiger partial charge on any atom is -0.383 e. The van der Waals surface area contributed by atoms with Crippen LogP contribution in [0.1, 0.15) is 38.5 Å². The first-order valence-electron chi connectivity index (χ1n) is 10.5. The Morgan fingerprint density at radius 3 is 2.77 bits per heavy atom. The quantitative estimate of drug-likeness (QED) is 0.652. The number of hydrogen-bond donors (Lipinski definition) is 2. The number of benzene rings is 1. The highest BCUT2D eigenvalue weighted by molar-refractivity contribution is 6.07. The van der Waals surface area contributed by atoms with Crippen LogP contribution in [-0.4, -0.2) is 53.1 Å². The zero-order valence-electron chi connectivity index (χ0n) is 17.3. The fourth-order valence-corrected chi connectivity index (χ4v) is 4.48. The molecule has 8 nitrogen and oxygen atoms in total. The Balaban J connectivity index is 1.29. The van der Waals surface area contributed by atoms with E-state index in [4.69, 9.17) is 4.74 Å². The summed E-state index contributed by atoms with van der Waals surface area (Å²) in [4.78, 5) is 38.4. The summed E-state index contributed by atoms with van der Waals surface area (Å²) in [6.07, 6.45) is 6.04. The summed E-state index contributed by atoms with van der Waals surface area (Å²) in [6.45, 7) is 1.68. The second-order valence-corrected chi connectivity index (χ2v) is 8.10. The van der Waals surface area contributed by atoms with Crippen LogP contribution >= 0.6 is 0 Å². The van der Waals surface area contributed by atoms with Crippen molar-refractivity contribution < 1.29 is 19.1 Å². The highest BCUT2D eigenvalue weighted by Gasteiger charge is 2.51. The summed E-state index contributed by atoms with van der Waals surface area (Å²) < 4.78 is 7.24. The molecular weight excluding hydrogens is 384 g/mol. The summed E-state index contributed by atoms with van der Waals surface area (Å²) in [7, 11) is 1.68. The second kappa shape index (κ2) is 8.47. The number of rotatable bonds is 8. The maximum atomic E-state index is 12.6. The minimum atomic E-state index is -0.686. The predicted molar refractivity (Wildman–Crippen MR) is 113 cm³/mol. The largest absolute Gasteiger partial charge is 0.383 e. The first kappa shape index (κ1) is 20.4. The standard InChI is InChI=1S/C22H28N4O4/c1-30-14-13-25-12-8-16-15-17(6-7-18(16)25)23-19(27)5-4-11-26-20(28)22(24-21(26)29)9-2-3-10-22/h6-8,12,15H,2-5,9-11,13-14H2,1H3,(H,23,27)(H,24,29). The molecule has 2 heterocycles. The molecule has 1 aliphatic carbocycles. The average molecular weight is 412 g/mol. The number of aromatic nitrogens is 1. The van der Waals surface area contributed by atoms with E-state index in [1.54, 1.807) is 7.11 Å². The SMILES string of the molecule is COCCn1ccc2cc(NC(=O)CCCN3C(=O)NC4(CCCC4)C3=O)ccc21. The number of anilines is 1. The summed E-state index contributed by atoms with van der Waals surface area (Å²) in [5, 5.41) is 6.82. The predicted octanol–water partition coefficient (Wildman–Crippen LogP) is 2.87. The van der Waals surface area contributed by atoms with Gasteiger partial charge in [-0.15, -0.1) is 0 Å². The van der Waals surface area contributed by atoms with Gasteiger partial charge in [0.2, 0.25) is 5.91 Å². The van der Waals surface area contributed by atoms with Crippen molar-refractivity contribution in [3.63, 3.8) is 0 Å². The van der Waals surface area contributed by atoms with E-state index in [0.29, 0.717) is 25.9 Å². The number of urea groups is 1. The topological polar surface area (TPSA) is 92.7 Å². The van der Waals surface area contributed by atoms with Gasteiger partial charge in [0.15, 0.2) is 0 Å². The summed E-state index contributed by atoms with van der Waals surface area (Å²) in [5.74, 6) is -0.260. The van der Waals surface area contributed by atoms with Crippen LogP contribution in [0.15, 0.2) is 30.5 Å². The van der Waals surface area contributed by atoms with Crippen LogP contribution in [0.5, 0.6) is 0 Å². The smallest absolute Gasteiger partial charge is 0.325 e. The van der Waals surface area contributed by atoms with Crippen molar-refractivity contribution in [2.45, 2.75) is 50.6 Å². The van der Waals surface area contributed by atoms with Gasteiger partial charge < -0.3 is 19.9 Å². The second-order valence-electron chi connectivity index (χ2n) is 8.10. The number of ether oxygens (including phenoxy) is 1. The van der Waals surface area contributed by atoms with Crippen molar-refractivity contribution in [2.24, 2.45) is 0 Å². The monoisotopic (exact) mass is 412 g/mol. The van der Waals surface area contributed by atoms with Crippen molar-refractivity contribution in [2.75, 3.05) is 25.6 Å². The highest BCUT2D eigenvalue weighted by atomic mass is 16.5. The van der Waals surface area contributed by atoms with Crippen LogP contribution in [-0.2, 0) is 20.9 Å². The molecule has 2 aromatic rings. The summed E-state index contributed by atoms with van der Waals surface area (Å²) >= 11 is 0. The number of carbonyl (C=O) groups excluding carboxylic acids is 3. The third-order valence-electron chi connectivity index (χ3n) is 6.08. The summed E-state index contributed by atoms with van der Waals surface area (Å²) in [5.41, 5.74) is 1.13. The number of hydrogen-bond acceptors (Lipinski definition) is 4. The fourth-order valence-electron chi connectivity index (χ4n) is 4.48. The molecule has 1 spiro atoms. The molecule has 1 aromatic carbocycles. The van der Waals surface area contributed by atoms with Gasteiger partial charge in [0.1, 0.15) is 5.54 Å². The first-order chi connectivity index (χ1) is 14.5. The molecule has 0 radical (unpaired) electrons. The Morgan fingerprint density at radius 2 is 2.00 bits per heavy atom. The minimum absolute atomic E-state index is 0.129. The van der Waals surface area contributed by atoms with Gasteiger partial charge in [0.25, 0.3) is 5.91 Å². The molecular formula is C22H28N4O4. The third kappa shape index (κ3) is 3.92. The van der Waals surface area contributed by atoms with Crippen molar-refractivity contribution in [1.29, 1.82) is 0 Å². The van der Waals surface area contributed by atoms with Crippen LogP contribution in [0.4, 0.5) is 10.5 Å². The van der Waals surface area contributed by atoms with Crippen LogP contribution in [0.25, 0.3) is 10.9 Å². The molecule has 8 heteroatoms. The Kier molecular flexibility index (Phi) is 5.76. The molecule has 160 valence electrons. The van der Waals surface area contributed by atoms with E-state index >= 15 is 0 Å². The number of amides is 4. The van der Waals surface area contributed by atoms with Crippen molar-refractivity contribution in [3.05, 3.63) is 30.5 Å². The van der Waals surface area contributed by atoms with Crippen molar-refractivity contribution in [1.82, 2.24) is 14.8 Å². The third-order valence-corrected chi connectivity index (χ3v) is 6.08. The van der Waals surface area contributed by atoms with Gasteiger partial charge in [-0.2, -0.15) is 0 Å². The van der Waals surface area contributed by atoms with Crippen LogP contribution in [0.3, 0.4) is 0 Å². The Bertz CT molecular complexity index is 961. The molecule has 2 aliphatic rings. The number of nitrogens with zero attached hydrogens (tertiary/aromatic N) is 2. The number of nitrogens with one attached hydrogen (secondary N) is 2. The zero-order valence-corrected chi connectivity index (χ0v) is 17.3. The molecule has 1 aromatic heterocycles. The molecule has 1 aliphatic heterocycles. The molecule has 4 amide bonds. The zero-order chi connectivity index (χ0) is 21.1. The molecule has 30 heavy (non-hydrogen) atoms. The van der Waals surface area contributed by atoms with E-state index in [2.05, 4.69) is 15.2 Å². The lowest BCUT2D eigenvalue weighted by Crippen LogP contribution is -2.44. The summed E-state index contributed by atoms with van der Waals surface area (Å²) in [6, 6.07) is 7.49. The average Bonchev–Trinajstić information content (AvgIpc) is 3.41. The van der Waals surface area contributed by atoms with Gasteiger partial charge >= 0.3 is 6.03 Å². The lowest BCUT2D eigenvalue weighted by Gasteiger charge is -2.19. The molecule has 0 bridgehead atoms. The fraction of sp³-hybridized carbons (Fsp3) is 0.500. The van der Waals surface area contributed by atoms with E-state index in [9.17, 15) is 14.4 Å². The van der Waals surface area contributed by atoms with E-state index < -0.39 is 5.54 Å². The van der Waals surface area contributed by atoms with Gasteiger partial charge in [0, 0.05) is 49.4 Å². The normalized spacial score (nSPS) is 17.8. The van der Waals surface area contributed by atoms with Gasteiger partial charge in [-0.1, -0.05) is 12.8 Å². The molecule has 2 N–H and O–H groups in total. The maximum Gasteiger partial charge on any atom is 0.325 e. The maximum absolute atomic E-state index is 12.6. The number of methoxy groups -OCH3 is 1. The molecule has 0 unspecified atom stereocenters. The van der Waals surface area contributed by atoms with E-state index in [-0.39, 0.29) is 30.8 Å². The van der Waals surface area contributed by atoms with Crippen molar-refractivity contribution >= 4 is 34.4 Å². The van der Waals surface area contributed by atoms with Gasteiger partial charge in [-0.3, -0.25) is 14.5 Å². The molecule has 4 rings (SSSR count). The van der Waals surface area contributed by atoms with Gasteiger partial charge in [-0.25, -0.2) is 4.79 Å². The Morgan fingerprint density at radius 1 is 1.20 bits per heavy atom. The molecule has 0 atom stereocenters. The molecule has 1 saturated carbocycles. The number of carbonyl (C=O) groups is 3. The van der Waals surface area contributed by atoms with E-state index in [1.807, 2.05) is 30.5 Å². The van der Waals surface area contributed by atoms with Gasteiger partial charge in [-0.05, 0) is 43.5 Å². The van der Waals surface area contributed by atoms with Crippen LogP contribution in [0, 0.1) is 0 Å². The highest BCUT2D eigenvalue weighted by Crippen LogP contribution is 2.35. The van der Waals surface area contributed by atoms with E-state index in [1.165, 1.54) is 4.90 Å². The van der Waals surface area contributed by atoms with E-state index in [0.717, 1.165) is 36.0 Å². The van der Waals surface area contributed by atoms with Crippen molar-refractivity contribution in [3.8, 4) is 0 Å². The molecule has 2 fully saturated rings. The lowest BCUT2D eigenvalue weighted by atomic mass is 9.98. The molecule has 1 saturated heterocycles. The van der Waals surface area contributed by atoms with Crippen LogP contribution < -0.4 is 10.6 Å². The van der Waals surface area contributed by atoms with Crippen LogP contribution in [0.2, 0.25) is 0 Å². The number of fused-ring (bicyclic) bond motifs is 1. The first-order valence-corrected chi connectivity index (χ1v) is 10.5. The Labute approximate surface area is 175 Å². The lowest BCUT2D eigenvalue weighted by molar-refractivity contribution is -0.131. The number of imide groups is 1. The Hall–Kier alpha value is -2.87.